The third kappa shape index (κ3) is 9.64. The van der Waals surface area contributed by atoms with Crippen LogP contribution in [0.25, 0.3) is 0 Å². The first kappa shape index (κ1) is 16.8. The molecule has 0 unspecified atom stereocenters. The predicted molar refractivity (Wildman–Crippen MR) is 62.5 cm³/mol. The van der Waals surface area contributed by atoms with E-state index in [1.807, 2.05) is 36.4 Å². The molecule has 0 N–H and O–H groups in total. The molecule has 0 fully saturated rings. The van der Waals surface area contributed by atoms with Crippen molar-refractivity contribution >= 4 is 0 Å². The molecule has 84 valence electrons. The third-order valence-corrected chi connectivity index (χ3v) is 1.76. The second kappa shape index (κ2) is 11.4. The molecule has 0 saturated heterocycles. The Hall–Kier alpha value is -0.664. The monoisotopic (exact) mass is 377 g/mol. The molecule has 1 aliphatic rings. The zero-order chi connectivity index (χ0) is 9.36. The van der Waals surface area contributed by atoms with E-state index < -0.39 is 0 Å². The van der Waals surface area contributed by atoms with Crippen LogP contribution in [0.5, 0.6) is 0 Å². The first-order chi connectivity index (χ1) is 6.39. The van der Waals surface area contributed by atoms with Gasteiger partial charge < -0.3 is 7.43 Å². The van der Waals surface area contributed by atoms with E-state index >= 15 is 0 Å². The fourth-order valence-electron chi connectivity index (χ4n) is 0.979. The molecule has 0 radical (unpaired) electrons. The summed E-state index contributed by atoms with van der Waals surface area (Å²) >= 11 is 0. The maximum Gasteiger partial charge on any atom is 0 e. The van der Waals surface area contributed by atoms with Crippen molar-refractivity contribution in [1.82, 2.24) is 0 Å². The molecule has 1 heteroatoms. The van der Waals surface area contributed by atoms with E-state index in [1.165, 1.54) is 12.0 Å². The van der Waals surface area contributed by atoms with Gasteiger partial charge in [-0.2, -0.15) is 42.0 Å². The van der Waals surface area contributed by atoms with Gasteiger partial charge in [0.05, 0.1) is 0 Å². The van der Waals surface area contributed by atoms with Crippen LogP contribution in [0.4, 0.5) is 0 Å². The van der Waals surface area contributed by atoms with Crippen molar-refractivity contribution in [3.8, 4) is 0 Å². The minimum Gasteiger partial charge on any atom is -0.358 e. The summed E-state index contributed by atoms with van der Waals surface area (Å²) in [7, 11) is 0. The summed E-state index contributed by atoms with van der Waals surface area (Å²) in [6.45, 7) is 2.15. The Morgan fingerprint density at radius 3 is 2.00 bits per heavy atom. The van der Waals surface area contributed by atoms with Crippen molar-refractivity contribution in [2.75, 3.05) is 0 Å². The van der Waals surface area contributed by atoms with Gasteiger partial charge in [-0.3, -0.25) is 6.08 Å². The van der Waals surface area contributed by atoms with E-state index in [0.717, 1.165) is 6.42 Å². The van der Waals surface area contributed by atoms with Crippen LogP contribution in [0.2, 0.25) is 0 Å². The van der Waals surface area contributed by atoms with Gasteiger partial charge in [0.1, 0.15) is 0 Å². The van der Waals surface area contributed by atoms with E-state index in [1.54, 1.807) is 0 Å². The SMILES string of the molecule is CC1=CC=[C-]CC1.[CH3-].[Os].[c-]1ccccc1. The standard InChI is InChI=1S/C7H9.C6H5.CH3.Os/c1-7-5-3-2-4-6-7;1-2-4-6-5-3-1;;/h3,5H,4,6H2,1H3;1-5H;1H3;/q3*-1;. The molecule has 0 bridgehead atoms. The van der Waals surface area contributed by atoms with Gasteiger partial charge in [0, 0.05) is 19.8 Å². The van der Waals surface area contributed by atoms with Crippen LogP contribution in [0.15, 0.2) is 48.1 Å². The second-order valence-electron chi connectivity index (χ2n) is 2.96. The van der Waals surface area contributed by atoms with Gasteiger partial charge in [0.25, 0.3) is 0 Å². The van der Waals surface area contributed by atoms with Crippen LogP contribution in [-0.2, 0) is 19.8 Å². The zero-order valence-corrected chi connectivity index (χ0v) is 11.8. The molecular formula is C14H17Os-3. The van der Waals surface area contributed by atoms with Gasteiger partial charge >= 0.3 is 0 Å². The van der Waals surface area contributed by atoms with E-state index in [2.05, 4.69) is 25.1 Å². The summed E-state index contributed by atoms with van der Waals surface area (Å²) in [5.41, 5.74) is 1.47. The number of hydrogen-bond donors (Lipinski definition) is 0. The fraction of sp³-hybridized carbons (Fsp3) is 0.214. The normalized spacial score (nSPS) is 12.2. The van der Waals surface area contributed by atoms with Crippen LogP contribution in [0, 0.1) is 19.6 Å². The Balaban J connectivity index is 0. The molecule has 0 amide bonds. The van der Waals surface area contributed by atoms with Crippen LogP contribution < -0.4 is 0 Å². The maximum atomic E-state index is 3.11. The third-order valence-electron chi connectivity index (χ3n) is 1.76. The quantitative estimate of drug-likeness (QED) is 0.601. The van der Waals surface area contributed by atoms with Crippen molar-refractivity contribution in [2.45, 2.75) is 19.8 Å². The smallest absolute Gasteiger partial charge is 0 e. The molecule has 2 rings (SSSR count). The molecular weight excluding hydrogens is 358 g/mol. The van der Waals surface area contributed by atoms with Crippen molar-refractivity contribution in [2.24, 2.45) is 0 Å². The van der Waals surface area contributed by atoms with Crippen molar-refractivity contribution in [3.05, 3.63) is 67.6 Å². The largest absolute Gasteiger partial charge is 0.358 e. The maximum absolute atomic E-state index is 3.11. The fourth-order valence-corrected chi connectivity index (χ4v) is 0.979. The summed E-state index contributed by atoms with van der Waals surface area (Å²) < 4.78 is 0. The molecule has 0 nitrogen and oxygen atoms in total. The Bertz CT molecular complexity index is 246. The molecule has 0 aromatic heterocycles. The first-order valence-electron chi connectivity index (χ1n) is 4.53. The Labute approximate surface area is 107 Å². The summed E-state index contributed by atoms with van der Waals surface area (Å²) in [4.78, 5) is 0. The molecule has 0 atom stereocenters. The van der Waals surface area contributed by atoms with Crippen LogP contribution in [0.3, 0.4) is 0 Å². The summed E-state index contributed by atoms with van der Waals surface area (Å²) in [6.07, 6.45) is 9.55. The molecule has 1 aromatic carbocycles. The predicted octanol–water partition coefficient (Wildman–Crippen LogP) is 4.02. The van der Waals surface area contributed by atoms with Crippen molar-refractivity contribution in [3.63, 3.8) is 0 Å². The topological polar surface area (TPSA) is 0 Å². The minimum absolute atomic E-state index is 0. The van der Waals surface area contributed by atoms with Gasteiger partial charge in [-0.05, 0) is 0 Å². The number of benzene rings is 1. The Kier molecular flexibility index (Phi) is 12.7. The van der Waals surface area contributed by atoms with E-state index in [-0.39, 0.29) is 27.2 Å². The summed E-state index contributed by atoms with van der Waals surface area (Å²) in [5, 5.41) is 0. The van der Waals surface area contributed by atoms with Gasteiger partial charge in [0.15, 0.2) is 0 Å². The Morgan fingerprint density at radius 1 is 1.13 bits per heavy atom. The van der Waals surface area contributed by atoms with Crippen LogP contribution in [0.1, 0.15) is 19.8 Å². The Morgan fingerprint density at radius 2 is 1.80 bits per heavy atom. The first-order valence-corrected chi connectivity index (χ1v) is 4.53. The van der Waals surface area contributed by atoms with Crippen LogP contribution >= 0.6 is 0 Å². The van der Waals surface area contributed by atoms with Gasteiger partial charge in [0.2, 0.25) is 0 Å². The van der Waals surface area contributed by atoms with Gasteiger partial charge in [-0.25, -0.2) is 12.2 Å². The van der Waals surface area contributed by atoms with E-state index in [4.69, 9.17) is 0 Å². The molecule has 1 aromatic rings. The number of hydrogen-bond acceptors (Lipinski definition) is 0. The summed E-state index contributed by atoms with van der Waals surface area (Å²) in [5.74, 6) is 0. The second-order valence-corrected chi connectivity index (χ2v) is 2.96. The number of rotatable bonds is 0. The average molecular weight is 376 g/mol. The van der Waals surface area contributed by atoms with Gasteiger partial charge in [-0.1, -0.05) is 13.3 Å². The average Bonchev–Trinajstić information content (AvgIpc) is 2.22. The van der Waals surface area contributed by atoms with Crippen molar-refractivity contribution < 1.29 is 19.8 Å². The minimum atomic E-state index is 0. The molecule has 0 saturated carbocycles. The zero-order valence-electron chi connectivity index (χ0n) is 9.31. The molecule has 0 aliphatic heterocycles. The number of allylic oxidation sites excluding steroid dienone is 4. The van der Waals surface area contributed by atoms with Crippen molar-refractivity contribution in [1.29, 1.82) is 0 Å². The van der Waals surface area contributed by atoms with E-state index in [9.17, 15) is 0 Å². The molecule has 15 heavy (non-hydrogen) atoms. The van der Waals surface area contributed by atoms with E-state index in [0.29, 0.717) is 0 Å². The summed E-state index contributed by atoms with van der Waals surface area (Å²) in [6, 6.07) is 12.5. The van der Waals surface area contributed by atoms with Crippen LogP contribution in [-0.4, -0.2) is 0 Å². The molecule has 1 aliphatic carbocycles. The molecule has 0 spiro atoms. The molecule has 0 heterocycles. The van der Waals surface area contributed by atoms with Gasteiger partial charge in [-0.15, -0.1) is 6.42 Å².